The highest BCUT2D eigenvalue weighted by Crippen LogP contribution is 2.17. The van der Waals surface area contributed by atoms with Gasteiger partial charge in [0, 0.05) is 16.7 Å². The van der Waals surface area contributed by atoms with Crippen molar-refractivity contribution in [1.82, 2.24) is 4.98 Å². The van der Waals surface area contributed by atoms with Gasteiger partial charge in [-0.15, -0.1) is 11.6 Å². The molecule has 5 heteroatoms. The van der Waals surface area contributed by atoms with Crippen LogP contribution in [0.1, 0.15) is 17.1 Å². The Bertz CT molecular complexity index is 551. The summed E-state index contributed by atoms with van der Waals surface area (Å²) in [6.07, 6.45) is 4.60. The Morgan fingerprint density at radius 1 is 1.35 bits per heavy atom. The summed E-state index contributed by atoms with van der Waals surface area (Å²) in [5.41, 5.74) is 1.06. The Hall–Kier alpha value is -1.32. The van der Waals surface area contributed by atoms with Crippen LogP contribution in [0.15, 0.2) is 28.9 Å². The minimum absolute atomic E-state index is 0.284. The summed E-state index contributed by atoms with van der Waals surface area (Å²) >= 11 is 11.2. The topological polar surface area (TPSA) is 26.0 Å². The molecule has 17 heavy (non-hydrogen) atoms. The van der Waals surface area contributed by atoms with Crippen LogP contribution in [0.5, 0.6) is 0 Å². The van der Waals surface area contributed by atoms with Crippen molar-refractivity contribution in [3.63, 3.8) is 0 Å². The quantitative estimate of drug-likeness (QED) is 0.775. The highest BCUT2D eigenvalue weighted by Gasteiger charge is 2.01. The van der Waals surface area contributed by atoms with Crippen molar-refractivity contribution in [1.29, 1.82) is 0 Å². The van der Waals surface area contributed by atoms with Gasteiger partial charge < -0.3 is 4.42 Å². The first kappa shape index (κ1) is 12.1. The average Bonchev–Trinajstić information content (AvgIpc) is 2.76. The summed E-state index contributed by atoms with van der Waals surface area (Å²) in [5.74, 6) is 0.278. The third kappa shape index (κ3) is 3.08. The van der Waals surface area contributed by atoms with Crippen molar-refractivity contribution < 1.29 is 8.81 Å². The molecule has 0 saturated carbocycles. The molecule has 0 N–H and O–H groups in total. The SMILES string of the molecule is Fc1cc(Cl)ccc1/C=C/c1nc(CCl)co1. The van der Waals surface area contributed by atoms with Crippen LogP contribution in [-0.4, -0.2) is 4.98 Å². The van der Waals surface area contributed by atoms with Gasteiger partial charge in [-0.05, 0) is 18.2 Å². The lowest BCUT2D eigenvalue weighted by molar-refractivity contribution is 0.546. The molecule has 0 radical (unpaired) electrons. The van der Waals surface area contributed by atoms with Gasteiger partial charge in [0.15, 0.2) is 0 Å². The Kier molecular flexibility index (Phi) is 3.82. The second-order valence-electron chi connectivity index (χ2n) is 3.31. The Morgan fingerprint density at radius 2 is 2.18 bits per heavy atom. The van der Waals surface area contributed by atoms with E-state index in [2.05, 4.69) is 4.98 Å². The molecule has 88 valence electrons. The molecule has 0 atom stereocenters. The molecule has 1 aromatic carbocycles. The molecular formula is C12H8Cl2FNO. The molecule has 2 rings (SSSR count). The Morgan fingerprint density at radius 3 is 2.82 bits per heavy atom. The number of nitrogens with zero attached hydrogens (tertiary/aromatic N) is 1. The monoisotopic (exact) mass is 271 g/mol. The Labute approximate surface area is 108 Å². The Balaban J connectivity index is 2.19. The molecule has 0 saturated heterocycles. The van der Waals surface area contributed by atoms with Crippen LogP contribution in [-0.2, 0) is 5.88 Å². The van der Waals surface area contributed by atoms with E-state index in [-0.39, 0.29) is 5.88 Å². The number of alkyl halides is 1. The third-order valence-electron chi connectivity index (χ3n) is 2.07. The van der Waals surface area contributed by atoms with Gasteiger partial charge in [0.1, 0.15) is 12.1 Å². The number of oxazole rings is 1. The molecule has 0 aliphatic heterocycles. The fourth-order valence-electron chi connectivity index (χ4n) is 1.26. The van der Waals surface area contributed by atoms with Gasteiger partial charge in [-0.1, -0.05) is 17.7 Å². The van der Waals surface area contributed by atoms with E-state index in [1.54, 1.807) is 24.3 Å². The van der Waals surface area contributed by atoms with Crippen LogP contribution in [0.25, 0.3) is 12.2 Å². The summed E-state index contributed by atoms with van der Waals surface area (Å²) in [5, 5.41) is 0.361. The fourth-order valence-corrected chi connectivity index (χ4v) is 1.54. The van der Waals surface area contributed by atoms with Crippen LogP contribution in [0.3, 0.4) is 0 Å². The van der Waals surface area contributed by atoms with Crippen LogP contribution >= 0.6 is 23.2 Å². The zero-order valence-electron chi connectivity index (χ0n) is 8.66. The van der Waals surface area contributed by atoms with E-state index in [9.17, 15) is 4.39 Å². The highest BCUT2D eigenvalue weighted by atomic mass is 35.5. The highest BCUT2D eigenvalue weighted by molar-refractivity contribution is 6.30. The standard InChI is InChI=1S/C12H8Cl2FNO/c13-6-10-7-17-12(16-10)4-2-8-1-3-9(14)5-11(8)15/h1-5,7H,6H2/b4-2+. The van der Waals surface area contributed by atoms with E-state index in [4.69, 9.17) is 27.6 Å². The van der Waals surface area contributed by atoms with Gasteiger partial charge in [0.2, 0.25) is 5.89 Å². The predicted molar refractivity (Wildman–Crippen MR) is 66.4 cm³/mol. The zero-order valence-corrected chi connectivity index (χ0v) is 10.2. The van der Waals surface area contributed by atoms with Gasteiger partial charge in [-0.25, -0.2) is 9.37 Å². The van der Waals surface area contributed by atoms with E-state index in [1.165, 1.54) is 12.3 Å². The summed E-state index contributed by atoms with van der Waals surface area (Å²) < 4.78 is 18.5. The van der Waals surface area contributed by atoms with Crippen molar-refractivity contribution >= 4 is 35.4 Å². The van der Waals surface area contributed by atoms with Crippen LogP contribution < -0.4 is 0 Å². The number of aromatic nitrogens is 1. The van der Waals surface area contributed by atoms with Crippen molar-refractivity contribution in [3.05, 3.63) is 52.5 Å². The number of halogens is 3. The molecule has 0 bridgehead atoms. The zero-order chi connectivity index (χ0) is 12.3. The molecule has 0 aliphatic rings. The number of hydrogen-bond donors (Lipinski definition) is 0. The average molecular weight is 272 g/mol. The molecule has 0 aliphatic carbocycles. The summed E-state index contributed by atoms with van der Waals surface area (Å²) in [4.78, 5) is 4.06. The van der Waals surface area contributed by atoms with Crippen molar-refractivity contribution in [2.24, 2.45) is 0 Å². The van der Waals surface area contributed by atoms with Gasteiger partial charge in [-0.3, -0.25) is 0 Å². The second kappa shape index (κ2) is 5.34. The first-order valence-corrected chi connectivity index (χ1v) is 5.74. The van der Waals surface area contributed by atoms with E-state index in [0.717, 1.165) is 0 Å². The van der Waals surface area contributed by atoms with Crippen LogP contribution in [0.4, 0.5) is 4.39 Å². The van der Waals surface area contributed by atoms with Gasteiger partial charge in [0.25, 0.3) is 0 Å². The first-order chi connectivity index (χ1) is 8.19. The maximum Gasteiger partial charge on any atom is 0.218 e. The molecule has 1 aromatic heterocycles. The predicted octanol–water partition coefficient (Wildman–Crippen LogP) is 4.38. The summed E-state index contributed by atoms with van der Waals surface area (Å²) in [7, 11) is 0. The minimum atomic E-state index is -0.391. The lowest BCUT2D eigenvalue weighted by Crippen LogP contribution is -1.81. The molecule has 0 amide bonds. The fraction of sp³-hybridized carbons (Fsp3) is 0.0833. The summed E-state index contributed by atoms with van der Waals surface area (Å²) in [6, 6.07) is 4.45. The molecule has 2 aromatic rings. The van der Waals surface area contributed by atoms with Crippen molar-refractivity contribution in [3.8, 4) is 0 Å². The second-order valence-corrected chi connectivity index (χ2v) is 4.01. The minimum Gasteiger partial charge on any atom is -0.445 e. The number of rotatable bonds is 3. The smallest absolute Gasteiger partial charge is 0.218 e. The maximum atomic E-state index is 13.4. The van der Waals surface area contributed by atoms with E-state index >= 15 is 0 Å². The molecule has 0 unspecified atom stereocenters. The van der Waals surface area contributed by atoms with E-state index in [0.29, 0.717) is 22.2 Å². The molecular weight excluding hydrogens is 264 g/mol. The lowest BCUT2D eigenvalue weighted by Gasteiger charge is -1.96. The van der Waals surface area contributed by atoms with Gasteiger partial charge in [-0.2, -0.15) is 0 Å². The van der Waals surface area contributed by atoms with Crippen molar-refractivity contribution in [2.45, 2.75) is 5.88 Å². The maximum absolute atomic E-state index is 13.4. The molecule has 0 spiro atoms. The normalized spacial score (nSPS) is 11.2. The van der Waals surface area contributed by atoms with Gasteiger partial charge >= 0.3 is 0 Å². The largest absolute Gasteiger partial charge is 0.445 e. The van der Waals surface area contributed by atoms with Crippen LogP contribution in [0, 0.1) is 5.82 Å². The lowest BCUT2D eigenvalue weighted by atomic mass is 10.2. The molecule has 1 heterocycles. The van der Waals surface area contributed by atoms with Crippen LogP contribution in [0.2, 0.25) is 5.02 Å². The molecule has 0 fully saturated rings. The van der Waals surface area contributed by atoms with Gasteiger partial charge in [0.05, 0.1) is 11.6 Å². The summed E-state index contributed by atoms with van der Waals surface area (Å²) in [6.45, 7) is 0. The van der Waals surface area contributed by atoms with Crippen molar-refractivity contribution in [2.75, 3.05) is 0 Å². The third-order valence-corrected chi connectivity index (χ3v) is 2.58. The van der Waals surface area contributed by atoms with E-state index in [1.807, 2.05) is 0 Å². The van der Waals surface area contributed by atoms with E-state index < -0.39 is 5.82 Å². The molecule has 2 nitrogen and oxygen atoms in total. The number of benzene rings is 1. The first-order valence-electron chi connectivity index (χ1n) is 4.82. The number of hydrogen-bond acceptors (Lipinski definition) is 2.